The van der Waals surface area contributed by atoms with E-state index >= 15 is 0 Å². The molecule has 2 saturated heterocycles. The molecule has 3 atom stereocenters. The summed E-state index contributed by atoms with van der Waals surface area (Å²) < 4.78 is 46.8. The van der Waals surface area contributed by atoms with Crippen molar-refractivity contribution in [3.05, 3.63) is 88.2 Å². The maximum atomic E-state index is 13.6. The first-order valence-electron chi connectivity index (χ1n) is 19.2. The highest BCUT2D eigenvalue weighted by atomic mass is 19.4. The van der Waals surface area contributed by atoms with E-state index in [1.165, 1.54) is 6.07 Å². The highest BCUT2D eigenvalue weighted by Gasteiger charge is 2.67. The third-order valence-corrected chi connectivity index (χ3v) is 12.7. The fraction of sp³-hybridized carbons (Fsp3) is 0.452. The highest BCUT2D eigenvalue weighted by molar-refractivity contribution is 6.23. The van der Waals surface area contributed by atoms with E-state index in [-0.39, 0.29) is 41.3 Å². The summed E-state index contributed by atoms with van der Waals surface area (Å²) >= 11 is 0. The number of aromatic nitrogens is 1. The molecule has 3 aliphatic heterocycles. The van der Waals surface area contributed by atoms with Crippen LogP contribution in [0.3, 0.4) is 0 Å². The Hall–Kier alpha value is -5.82. The van der Waals surface area contributed by atoms with E-state index in [0.717, 1.165) is 73.8 Å². The summed E-state index contributed by atoms with van der Waals surface area (Å²) in [5, 5.41) is 14.4. The molecule has 1 saturated carbocycles. The number of pyridine rings is 1. The molecule has 3 fully saturated rings. The normalized spacial score (nSPS) is 24.5. The zero-order chi connectivity index (χ0) is 41.8. The van der Waals surface area contributed by atoms with Gasteiger partial charge in [0, 0.05) is 56.3 Å². The van der Waals surface area contributed by atoms with Gasteiger partial charge in [0.25, 0.3) is 17.7 Å². The van der Waals surface area contributed by atoms with Crippen molar-refractivity contribution >= 4 is 35.2 Å². The molecule has 0 radical (unpaired) electrons. The predicted molar refractivity (Wildman–Crippen MR) is 204 cm³/mol. The Balaban J connectivity index is 0.871. The number of hydrogen-bond donors (Lipinski definition) is 2. The molecule has 7 rings (SSSR count). The van der Waals surface area contributed by atoms with E-state index in [1.807, 2.05) is 32.9 Å². The van der Waals surface area contributed by atoms with Crippen molar-refractivity contribution in [1.29, 1.82) is 5.26 Å². The van der Waals surface area contributed by atoms with Crippen LogP contribution >= 0.6 is 0 Å². The number of nitriles is 1. The average Bonchev–Trinajstić information content (AvgIpc) is 3.42. The summed E-state index contributed by atoms with van der Waals surface area (Å²) in [6.07, 6.45) is -0.899. The first-order valence-corrected chi connectivity index (χ1v) is 19.2. The summed E-state index contributed by atoms with van der Waals surface area (Å²) in [4.78, 5) is 73.6. The van der Waals surface area contributed by atoms with Crippen LogP contribution in [0.2, 0.25) is 0 Å². The van der Waals surface area contributed by atoms with Gasteiger partial charge in [-0.1, -0.05) is 19.9 Å². The summed E-state index contributed by atoms with van der Waals surface area (Å²) in [5.41, 5.74) is -1.35. The van der Waals surface area contributed by atoms with Gasteiger partial charge in [0.15, 0.2) is 0 Å². The summed E-state index contributed by atoms with van der Waals surface area (Å²) in [6, 6.07) is 12.6. The van der Waals surface area contributed by atoms with Crippen LogP contribution in [0.4, 0.5) is 18.9 Å². The van der Waals surface area contributed by atoms with Crippen molar-refractivity contribution in [2.45, 2.75) is 83.2 Å². The van der Waals surface area contributed by atoms with Gasteiger partial charge in [-0.3, -0.25) is 44.1 Å². The minimum atomic E-state index is -4.71. The molecular formula is C42H44F3N7O6. The van der Waals surface area contributed by atoms with Gasteiger partial charge in [-0.25, -0.2) is 0 Å². The van der Waals surface area contributed by atoms with Crippen LogP contribution in [-0.4, -0.2) is 94.2 Å². The molecule has 13 nitrogen and oxygen atoms in total. The number of halogens is 3. The van der Waals surface area contributed by atoms with Crippen molar-refractivity contribution in [2.24, 2.45) is 5.41 Å². The molecule has 4 aliphatic rings. The number of benzene rings is 2. The number of nitrogens with zero attached hydrogens (tertiary/aromatic N) is 5. The van der Waals surface area contributed by atoms with Crippen molar-refractivity contribution in [2.75, 3.05) is 37.6 Å². The largest absolute Gasteiger partial charge is 0.487 e. The number of amides is 5. The predicted octanol–water partition coefficient (Wildman–Crippen LogP) is 4.88. The number of piperazine rings is 1. The molecule has 3 aromatic rings. The topological polar surface area (TPSA) is 165 Å². The molecule has 1 aromatic heterocycles. The summed E-state index contributed by atoms with van der Waals surface area (Å²) in [6.45, 7) is 11.3. The second kappa shape index (κ2) is 14.8. The number of nitrogens with one attached hydrogen (secondary N) is 2. The van der Waals surface area contributed by atoms with E-state index in [0.29, 0.717) is 6.42 Å². The molecule has 0 spiro atoms. The van der Waals surface area contributed by atoms with Crippen molar-refractivity contribution < 1.29 is 41.9 Å². The van der Waals surface area contributed by atoms with E-state index in [1.54, 1.807) is 37.4 Å². The Bertz CT molecular complexity index is 2230. The Morgan fingerprint density at radius 3 is 2.34 bits per heavy atom. The molecule has 16 heteroatoms. The number of carbonyl (C=O) groups is 5. The minimum absolute atomic E-state index is 0.00838. The Morgan fingerprint density at radius 1 is 0.983 bits per heavy atom. The molecular weight excluding hydrogens is 755 g/mol. The summed E-state index contributed by atoms with van der Waals surface area (Å²) in [5.74, 6) is -2.49. The highest BCUT2D eigenvalue weighted by Crippen LogP contribution is 2.58. The van der Waals surface area contributed by atoms with Crippen LogP contribution in [0.5, 0.6) is 5.75 Å². The molecule has 1 aliphatic carbocycles. The average molecular weight is 800 g/mol. The maximum absolute atomic E-state index is 13.6. The van der Waals surface area contributed by atoms with Crippen molar-refractivity contribution in [3.63, 3.8) is 0 Å². The molecule has 58 heavy (non-hydrogen) atoms. The van der Waals surface area contributed by atoms with Gasteiger partial charge in [-0.2, -0.15) is 18.4 Å². The van der Waals surface area contributed by atoms with Crippen LogP contribution in [0.15, 0.2) is 54.7 Å². The fourth-order valence-corrected chi connectivity index (χ4v) is 8.55. The van der Waals surface area contributed by atoms with Crippen LogP contribution in [0.1, 0.15) is 101 Å². The number of anilines is 1. The fourth-order valence-electron chi connectivity index (χ4n) is 8.55. The number of imide groups is 2. The monoisotopic (exact) mass is 799 g/mol. The van der Waals surface area contributed by atoms with E-state index in [4.69, 9.17) is 10.00 Å². The second-order valence-electron chi connectivity index (χ2n) is 16.4. The lowest BCUT2D eigenvalue weighted by Crippen LogP contribution is -2.77. The minimum Gasteiger partial charge on any atom is -0.487 e. The summed E-state index contributed by atoms with van der Waals surface area (Å²) in [7, 11) is 0. The van der Waals surface area contributed by atoms with Gasteiger partial charge in [0.05, 0.1) is 33.9 Å². The number of hydrogen-bond acceptors (Lipinski definition) is 10. The van der Waals surface area contributed by atoms with E-state index < -0.39 is 63.5 Å². The van der Waals surface area contributed by atoms with Gasteiger partial charge >= 0.3 is 6.18 Å². The van der Waals surface area contributed by atoms with E-state index in [2.05, 4.69) is 25.4 Å². The van der Waals surface area contributed by atoms with Gasteiger partial charge in [-0.15, -0.1) is 0 Å². The number of ether oxygens (including phenoxy) is 1. The van der Waals surface area contributed by atoms with Crippen LogP contribution in [0, 0.1) is 16.7 Å². The second-order valence-corrected chi connectivity index (χ2v) is 16.4. The molecule has 2 aromatic carbocycles. The number of piperidine rings is 1. The molecule has 1 unspecified atom stereocenters. The van der Waals surface area contributed by atoms with Gasteiger partial charge < -0.3 is 15.0 Å². The number of alkyl halides is 3. The van der Waals surface area contributed by atoms with Crippen molar-refractivity contribution in [1.82, 2.24) is 25.4 Å². The SMILES string of the molecule is CC1(C)[C@](C)(NC(=O)c2ccc(CCCN3CCN(c4ccc5c(c4)C(=O)N(C4CCC(=O)NC4=O)C5=O)CC3)cn2)C[C@@]1(C)Oc1ccc(C#N)c(C(F)(F)F)c1. The first-order chi connectivity index (χ1) is 27.3. The van der Waals surface area contributed by atoms with E-state index in [9.17, 15) is 37.1 Å². The lowest BCUT2D eigenvalue weighted by Gasteiger charge is -2.65. The maximum Gasteiger partial charge on any atom is 0.417 e. The smallest absolute Gasteiger partial charge is 0.417 e. The Kier molecular flexibility index (Phi) is 10.3. The zero-order valence-electron chi connectivity index (χ0n) is 32.7. The van der Waals surface area contributed by atoms with Crippen LogP contribution in [0.25, 0.3) is 0 Å². The number of carbonyl (C=O) groups excluding carboxylic acids is 5. The standard InChI is InChI=1S/C42H44F3N7O6/c1-39(2)40(3,24-41(39,4)58-28-10-8-26(22-46)31(21-28)42(43,44)45)49-35(54)32-12-7-25(23-47-32)6-5-15-50-16-18-51(19-17-50)27-9-11-29-30(20-27)38(57)52(37(29)56)33-13-14-34(53)48-36(33)55/h7-12,20-21,23,33H,5-6,13-19,24H2,1-4H3,(H,49,54)(H,48,53,55)/t33?,40-,41-/m1/s1. The van der Waals surface area contributed by atoms with Crippen LogP contribution < -0.4 is 20.3 Å². The molecule has 4 heterocycles. The quantitative estimate of drug-likeness (QED) is 0.270. The first kappa shape index (κ1) is 40.4. The lowest BCUT2D eigenvalue weighted by molar-refractivity contribution is -0.181. The Labute approximate surface area is 333 Å². The van der Waals surface area contributed by atoms with Gasteiger partial charge in [0.2, 0.25) is 11.8 Å². The van der Waals surface area contributed by atoms with Crippen LogP contribution in [-0.2, 0) is 22.2 Å². The van der Waals surface area contributed by atoms with Crippen molar-refractivity contribution in [3.8, 4) is 11.8 Å². The number of fused-ring (bicyclic) bond motifs is 1. The lowest BCUT2D eigenvalue weighted by atomic mass is 9.48. The van der Waals surface area contributed by atoms with Gasteiger partial charge in [-0.05, 0) is 87.7 Å². The number of aryl methyl sites for hydroxylation is 1. The third kappa shape index (κ3) is 7.27. The molecule has 5 amide bonds. The van der Waals surface area contributed by atoms with Gasteiger partial charge in [0.1, 0.15) is 23.1 Å². The number of rotatable bonds is 10. The Morgan fingerprint density at radius 2 is 1.71 bits per heavy atom. The molecule has 304 valence electrons. The molecule has 2 N–H and O–H groups in total. The zero-order valence-corrected chi connectivity index (χ0v) is 32.7. The third-order valence-electron chi connectivity index (χ3n) is 12.7. The molecule has 0 bridgehead atoms.